The Morgan fingerprint density at radius 2 is 0.662 bits per heavy atom. The number of allylic oxidation sites excluding steroid dienone is 18. The molecule has 0 aromatic rings. The topological polar surface area (TPSA) is 61.8 Å². The Bertz CT molecular complexity index is 1340. The van der Waals surface area contributed by atoms with Gasteiger partial charge in [0.1, 0.15) is 6.61 Å². The molecule has 0 N–H and O–H groups in total. The number of esters is 2. The van der Waals surface area contributed by atoms with Gasteiger partial charge in [0, 0.05) is 19.4 Å². The van der Waals surface area contributed by atoms with Crippen LogP contribution in [0.15, 0.2) is 109 Å². The van der Waals surface area contributed by atoms with E-state index in [2.05, 4.69) is 130 Å². The lowest BCUT2D eigenvalue weighted by Crippen LogP contribution is -2.30. The van der Waals surface area contributed by atoms with E-state index >= 15 is 0 Å². The van der Waals surface area contributed by atoms with Crippen molar-refractivity contribution in [3.63, 3.8) is 0 Å². The van der Waals surface area contributed by atoms with Crippen LogP contribution in [0.3, 0.4) is 0 Å². The molecule has 0 radical (unpaired) electrons. The van der Waals surface area contributed by atoms with Gasteiger partial charge in [0.15, 0.2) is 6.10 Å². The van der Waals surface area contributed by atoms with Crippen molar-refractivity contribution in [1.29, 1.82) is 0 Å². The Labute approximate surface area is 421 Å². The SMILES string of the molecule is CC/C=C\C/C=C\C/C=C\C/C=C\C/C=C\CCCCOCC(COC(=O)CCCCCCCCCCC/C=C\C/C=C\CCCCC)OC(=O)CCCCCCC/C=C\C/C=C\CCCCC. The van der Waals surface area contributed by atoms with E-state index in [1.54, 1.807) is 0 Å². The van der Waals surface area contributed by atoms with Gasteiger partial charge in [-0.25, -0.2) is 0 Å². The molecule has 0 amide bonds. The molecule has 1 unspecified atom stereocenters. The van der Waals surface area contributed by atoms with Crippen molar-refractivity contribution in [2.45, 2.75) is 258 Å². The molecule has 68 heavy (non-hydrogen) atoms. The van der Waals surface area contributed by atoms with Crippen LogP contribution in [0.5, 0.6) is 0 Å². The number of hydrogen-bond acceptors (Lipinski definition) is 5. The van der Waals surface area contributed by atoms with Crippen molar-refractivity contribution in [1.82, 2.24) is 0 Å². The average Bonchev–Trinajstić information content (AvgIpc) is 3.34. The number of carbonyl (C=O) groups is 2. The summed E-state index contributed by atoms with van der Waals surface area (Å²) in [5, 5.41) is 0. The molecule has 0 saturated heterocycles. The van der Waals surface area contributed by atoms with Crippen molar-refractivity contribution in [2.75, 3.05) is 19.8 Å². The molecule has 1 atom stereocenters. The maximum absolute atomic E-state index is 12.8. The van der Waals surface area contributed by atoms with E-state index in [9.17, 15) is 9.59 Å². The van der Waals surface area contributed by atoms with E-state index in [0.29, 0.717) is 19.4 Å². The third-order valence-electron chi connectivity index (χ3n) is 11.8. The van der Waals surface area contributed by atoms with Crippen molar-refractivity contribution >= 4 is 11.9 Å². The molecular formula is C63H106O5. The average molecular weight is 944 g/mol. The minimum absolute atomic E-state index is 0.0543. The standard InChI is InChI=1S/C63H106O5/c1-4-7-10-13-16-19-22-25-28-30-32-33-36-38-41-44-47-50-53-56-62(64)67-60-61(68-63(65)57-54-51-48-45-42-39-35-27-24-21-18-15-12-9-6-3)59-66-58-55-52-49-46-43-40-37-34-31-29-26-23-20-17-14-11-8-5-2/h8,11,16-21,25-29,34-35,37,43,46,61H,4-7,9-10,12-15,22-24,30-33,36,38-42,44-45,47-60H2,1-3H3/b11-8-,19-16-,20-17-,21-18-,28-25-,29-26-,35-27-,37-34-,46-43-. The maximum Gasteiger partial charge on any atom is 0.306 e. The highest BCUT2D eigenvalue weighted by Gasteiger charge is 2.17. The first-order valence-corrected chi connectivity index (χ1v) is 28.4. The van der Waals surface area contributed by atoms with Crippen LogP contribution in [-0.4, -0.2) is 37.9 Å². The van der Waals surface area contributed by atoms with Crippen molar-refractivity contribution in [3.8, 4) is 0 Å². The lowest BCUT2D eigenvalue weighted by molar-refractivity contribution is -0.163. The molecule has 0 spiro atoms. The lowest BCUT2D eigenvalue weighted by atomic mass is 10.1. The molecule has 0 fully saturated rings. The minimum atomic E-state index is -0.575. The van der Waals surface area contributed by atoms with Gasteiger partial charge in [0.25, 0.3) is 0 Å². The van der Waals surface area contributed by atoms with E-state index in [1.807, 2.05) is 0 Å². The highest BCUT2D eigenvalue weighted by molar-refractivity contribution is 5.70. The van der Waals surface area contributed by atoms with E-state index in [0.717, 1.165) is 109 Å². The fourth-order valence-corrected chi connectivity index (χ4v) is 7.54. The highest BCUT2D eigenvalue weighted by Crippen LogP contribution is 2.14. The summed E-state index contributed by atoms with van der Waals surface area (Å²) in [4.78, 5) is 25.5. The van der Waals surface area contributed by atoms with E-state index in [1.165, 1.54) is 109 Å². The van der Waals surface area contributed by atoms with Gasteiger partial charge in [-0.2, -0.15) is 0 Å². The highest BCUT2D eigenvalue weighted by atomic mass is 16.6. The Kier molecular flexibility index (Phi) is 54.9. The van der Waals surface area contributed by atoms with Crippen LogP contribution >= 0.6 is 0 Å². The van der Waals surface area contributed by atoms with Gasteiger partial charge in [-0.1, -0.05) is 220 Å². The second-order valence-electron chi connectivity index (χ2n) is 18.4. The fraction of sp³-hybridized carbons (Fsp3) is 0.683. The predicted molar refractivity (Wildman–Crippen MR) is 297 cm³/mol. The number of rotatable bonds is 51. The number of unbranched alkanes of at least 4 members (excludes halogenated alkanes) is 22. The molecule has 0 aromatic carbocycles. The first-order valence-electron chi connectivity index (χ1n) is 28.4. The monoisotopic (exact) mass is 943 g/mol. The zero-order valence-corrected chi connectivity index (χ0v) is 44.6. The molecule has 0 bridgehead atoms. The first-order chi connectivity index (χ1) is 33.6. The largest absolute Gasteiger partial charge is 0.462 e. The number of carbonyl (C=O) groups excluding carboxylic acids is 2. The summed E-state index contributed by atoms with van der Waals surface area (Å²) in [5.41, 5.74) is 0. The minimum Gasteiger partial charge on any atom is -0.462 e. The number of ether oxygens (including phenoxy) is 3. The zero-order chi connectivity index (χ0) is 49.2. The summed E-state index contributed by atoms with van der Waals surface area (Å²) in [6, 6.07) is 0. The third kappa shape index (κ3) is 55.2. The van der Waals surface area contributed by atoms with Crippen LogP contribution in [0, 0.1) is 0 Å². The summed E-state index contributed by atoms with van der Waals surface area (Å²) in [5.74, 6) is -0.444. The summed E-state index contributed by atoms with van der Waals surface area (Å²) in [6.45, 7) is 7.55. The smallest absolute Gasteiger partial charge is 0.306 e. The van der Waals surface area contributed by atoms with Crippen molar-refractivity contribution in [2.24, 2.45) is 0 Å². The predicted octanol–water partition coefficient (Wildman–Crippen LogP) is 19.6. The summed E-state index contributed by atoms with van der Waals surface area (Å²) < 4.78 is 17.4. The van der Waals surface area contributed by atoms with Crippen LogP contribution in [-0.2, 0) is 23.8 Å². The summed E-state index contributed by atoms with van der Waals surface area (Å²) in [6.07, 6.45) is 79.6. The molecule has 0 saturated carbocycles. The molecule has 0 aliphatic carbocycles. The van der Waals surface area contributed by atoms with Crippen LogP contribution in [0.4, 0.5) is 0 Å². The lowest BCUT2D eigenvalue weighted by Gasteiger charge is -2.18. The van der Waals surface area contributed by atoms with Gasteiger partial charge in [-0.15, -0.1) is 0 Å². The number of hydrogen-bond donors (Lipinski definition) is 0. The fourth-order valence-electron chi connectivity index (χ4n) is 7.54. The van der Waals surface area contributed by atoms with Crippen LogP contribution in [0.2, 0.25) is 0 Å². The first kappa shape index (κ1) is 64.6. The van der Waals surface area contributed by atoms with E-state index in [4.69, 9.17) is 14.2 Å². The normalized spacial score (nSPS) is 13.0. The van der Waals surface area contributed by atoms with Gasteiger partial charge in [-0.05, 0) is 128 Å². The van der Waals surface area contributed by atoms with Gasteiger partial charge < -0.3 is 14.2 Å². The zero-order valence-electron chi connectivity index (χ0n) is 44.6. The Morgan fingerprint density at radius 3 is 1.06 bits per heavy atom. The third-order valence-corrected chi connectivity index (χ3v) is 11.8. The van der Waals surface area contributed by atoms with Crippen LogP contribution < -0.4 is 0 Å². The van der Waals surface area contributed by atoms with Crippen molar-refractivity contribution < 1.29 is 23.8 Å². The van der Waals surface area contributed by atoms with E-state index in [-0.39, 0.29) is 25.2 Å². The molecule has 5 heteroatoms. The van der Waals surface area contributed by atoms with Crippen LogP contribution in [0.25, 0.3) is 0 Å². The Balaban J connectivity index is 4.38. The molecule has 0 rings (SSSR count). The molecule has 0 heterocycles. The molecule has 0 aliphatic heterocycles. The van der Waals surface area contributed by atoms with Crippen molar-refractivity contribution in [3.05, 3.63) is 109 Å². The van der Waals surface area contributed by atoms with Gasteiger partial charge >= 0.3 is 11.9 Å². The summed E-state index contributed by atoms with van der Waals surface area (Å²) >= 11 is 0. The van der Waals surface area contributed by atoms with Crippen LogP contribution in [0.1, 0.15) is 252 Å². The van der Waals surface area contributed by atoms with Gasteiger partial charge in [-0.3, -0.25) is 9.59 Å². The molecule has 0 aromatic heterocycles. The molecule has 388 valence electrons. The second kappa shape index (κ2) is 57.9. The van der Waals surface area contributed by atoms with Gasteiger partial charge in [0.2, 0.25) is 0 Å². The molecule has 5 nitrogen and oxygen atoms in total. The maximum atomic E-state index is 12.8. The molecular weight excluding hydrogens is 837 g/mol. The second-order valence-corrected chi connectivity index (χ2v) is 18.4. The van der Waals surface area contributed by atoms with E-state index < -0.39 is 6.10 Å². The Hall–Kier alpha value is -3.44. The molecule has 0 aliphatic rings. The quantitative estimate of drug-likeness (QED) is 0.0345. The summed E-state index contributed by atoms with van der Waals surface area (Å²) in [7, 11) is 0. The Morgan fingerprint density at radius 1 is 0.338 bits per heavy atom. The van der Waals surface area contributed by atoms with Gasteiger partial charge in [0.05, 0.1) is 6.61 Å².